The number of nitrogens with zero attached hydrogens (tertiary/aromatic N) is 3. The van der Waals surface area contributed by atoms with Gasteiger partial charge in [0.25, 0.3) is 0 Å². The number of hydrogen-bond acceptors (Lipinski definition) is 6. The summed E-state index contributed by atoms with van der Waals surface area (Å²) in [7, 11) is 0. The average molecular weight is 303 g/mol. The lowest BCUT2D eigenvalue weighted by Gasteiger charge is -2.18. The summed E-state index contributed by atoms with van der Waals surface area (Å²) in [5.74, 6) is 2.12. The molecule has 21 heavy (non-hydrogen) atoms. The van der Waals surface area contributed by atoms with Crippen LogP contribution in [0.1, 0.15) is 30.2 Å². The molecule has 1 fully saturated rings. The Morgan fingerprint density at radius 2 is 2.14 bits per heavy atom. The monoisotopic (exact) mass is 303 g/mol. The Hall–Kier alpha value is -1.40. The van der Waals surface area contributed by atoms with Gasteiger partial charge in [-0.2, -0.15) is 4.98 Å². The highest BCUT2D eigenvalue weighted by atomic mass is 32.1. The molecular formula is C15H21N5S. The molecule has 1 aliphatic heterocycles. The first kappa shape index (κ1) is 13.3. The molecule has 0 aromatic carbocycles. The first-order valence-corrected chi connectivity index (χ1v) is 8.51. The van der Waals surface area contributed by atoms with Gasteiger partial charge in [-0.15, -0.1) is 11.3 Å². The minimum atomic E-state index is 0.242. The van der Waals surface area contributed by atoms with Crippen molar-refractivity contribution >= 4 is 33.3 Å². The van der Waals surface area contributed by atoms with Crippen molar-refractivity contribution in [3.63, 3.8) is 0 Å². The third-order valence-corrected chi connectivity index (χ3v) is 5.93. The van der Waals surface area contributed by atoms with E-state index in [9.17, 15) is 0 Å². The van der Waals surface area contributed by atoms with Crippen LogP contribution in [0, 0.1) is 5.92 Å². The summed E-state index contributed by atoms with van der Waals surface area (Å²) < 4.78 is 1.21. The third-order valence-electron chi connectivity index (χ3n) is 4.65. The second-order valence-corrected chi connectivity index (χ2v) is 7.53. The van der Waals surface area contributed by atoms with E-state index in [1.807, 2.05) is 11.3 Å². The number of anilines is 2. The Labute approximate surface area is 128 Å². The first-order valence-electron chi connectivity index (χ1n) is 7.70. The molecule has 0 spiro atoms. The minimum Gasteiger partial charge on any atom is -0.368 e. The smallest absolute Gasteiger partial charge is 0.222 e. The fraction of sp³-hybridized carbons (Fsp3) is 0.600. The number of nitrogen functional groups attached to an aromatic ring is 1. The van der Waals surface area contributed by atoms with E-state index in [1.54, 1.807) is 0 Å². The molecule has 5 nitrogen and oxygen atoms in total. The second-order valence-electron chi connectivity index (χ2n) is 6.43. The van der Waals surface area contributed by atoms with Gasteiger partial charge < -0.3 is 16.4 Å². The Balaban J connectivity index is 1.88. The summed E-state index contributed by atoms with van der Waals surface area (Å²) in [5.41, 5.74) is 14.5. The van der Waals surface area contributed by atoms with Crippen molar-refractivity contribution < 1.29 is 0 Å². The molecule has 0 saturated carbocycles. The molecule has 0 amide bonds. The normalized spacial score (nSPS) is 25.5. The molecule has 2 aromatic heterocycles. The molecule has 4 N–H and O–H groups in total. The zero-order chi connectivity index (χ0) is 14.6. The Bertz CT molecular complexity index is 695. The van der Waals surface area contributed by atoms with Crippen LogP contribution in [0.4, 0.5) is 11.8 Å². The van der Waals surface area contributed by atoms with Crippen LogP contribution in [0.5, 0.6) is 0 Å². The number of thiophene rings is 1. The summed E-state index contributed by atoms with van der Waals surface area (Å²) in [6, 6.07) is 0.242. The van der Waals surface area contributed by atoms with Crippen molar-refractivity contribution in [3.8, 4) is 0 Å². The molecular weight excluding hydrogens is 282 g/mol. The molecule has 1 saturated heterocycles. The lowest BCUT2D eigenvalue weighted by atomic mass is 9.89. The van der Waals surface area contributed by atoms with Gasteiger partial charge in [-0.3, -0.25) is 0 Å². The minimum absolute atomic E-state index is 0.242. The lowest BCUT2D eigenvalue weighted by Crippen LogP contribution is -2.27. The van der Waals surface area contributed by atoms with E-state index in [4.69, 9.17) is 11.5 Å². The summed E-state index contributed by atoms with van der Waals surface area (Å²) in [4.78, 5) is 12.8. The highest BCUT2D eigenvalue weighted by Gasteiger charge is 2.27. The molecule has 4 rings (SSSR count). The van der Waals surface area contributed by atoms with Crippen LogP contribution >= 0.6 is 11.3 Å². The number of nitrogens with two attached hydrogens (primary N) is 2. The highest BCUT2D eigenvalue weighted by Crippen LogP contribution is 2.41. The third kappa shape index (κ3) is 2.17. The van der Waals surface area contributed by atoms with E-state index < -0.39 is 0 Å². The van der Waals surface area contributed by atoms with E-state index >= 15 is 0 Å². The Morgan fingerprint density at radius 3 is 2.90 bits per heavy atom. The van der Waals surface area contributed by atoms with Crippen LogP contribution in [-0.2, 0) is 12.8 Å². The highest BCUT2D eigenvalue weighted by molar-refractivity contribution is 7.19. The zero-order valence-corrected chi connectivity index (χ0v) is 13.1. The average Bonchev–Trinajstić information content (AvgIpc) is 3.02. The number of fused-ring (bicyclic) bond motifs is 3. The summed E-state index contributed by atoms with van der Waals surface area (Å²) >= 11 is 1.86. The van der Waals surface area contributed by atoms with E-state index in [1.165, 1.54) is 21.6 Å². The molecule has 2 aliphatic rings. The van der Waals surface area contributed by atoms with Crippen LogP contribution in [0.2, 0.25) is 0 Å². The van der Waals surface area contributed by atoms with Gasteiger partial charge in [-0.1, -0.05) is 6.92 Å². The maximum absolute atomic E-state index is 6.05. The predicted octanol–water partition coefficient (Wildman–Crippen LogP) is 1.94. The van der Waals surface area contributed by atoms with Gasteiger partial charge in [0.15, 0.2) is 5.82 Å². The molecule has 3 heterocycles. The van der Waals surface area contributed by atoms with E-state index in [2.05, 4.69) is 21.8 Å². The van der Waals surface area contributed by atoms with Crippen LogP contribution in [0.3, 0.4) is 0 Å². The van der Waals surface area contributed by atoms with Crippen molar-refractivity contribution in [2.24, 2.45) is 11.7 Å². The molecule has 1 unspecified atom stereocenters. The van der Waals surface area contributed by atoms with Crippen LogP contribution in [0.25, 0.3) is 10.2 Å². The molecule has 1 aliphatic carbocycles. The zero-order valence-electron chi connectivity index (χ0n) is 12.3. The van der Waals surface area contributed by atoms with Crippen molar-refractivity contribution in [1.29, 1.82) is 0 Å². The predicted molar refractivity (Wildman–Crippen MR) is 87.8 cm³/mol. The fourth-order valence-corrected chi connectivity index (χ4v) is 4.81. The molecule has 6 heteroatoms. The van der Waals surface area contributed by atoms with Gasteiger partial charge in [-0.05, 0) is 37.2 Å². The van der Waals surface area contributed by atoms with Gasteiger partial charge in [0.2, 0.25) is 5.95 Å². The van der Waals surface area contributed by atoms with Gasteiger partial charge in [0, 0.05) is 24.0 Å². The van der Waals surface area contributed by atoms with E-state index in [-0.39, 0.29) is 6.04 Å². The topological polar surface area (TPSA) is 81.1 Å². The fourth-order valence-electron chi connectivity index (χ4n) is 3.51. The van der Waals surface area contributed by atoms with Crippen LogP contribution in [-0.4, -0.2) is 29.1 Å². The number of rotatable bonds is 1. The quantitative estimate of drug-likeness (QED) is 0.841. The van der Waals surface area contributed by atoms with Gasteiger partial charge in [-0.25, -0.2) is 4.98 Å². The standard InChI is InChI=1S/C15H21N5S/c1-8-2-3-11-10(6-8)12-13(21-11)14(19-15(17)18-12)20-5-4-9(16)7-20/h8-9H,2-7,16H2,1H3,(H2,17,18,19)/t8?,9-/m1/s1. The van der Waals surface area contributed by atoms with Crippen LogP contribution < -0.4 is 16.4 Å². The van der Waals surface area contributed by atoms with Gasteiger partial charge >= 0.3 is 0 Å². The Kier molecular flexibility index (Phi) is 3.04. The molecule has 2 aromatic rings. The van der Waals surface area contributed by atoms with Gasteiger partial charge in [0.1, 0.15) is 0 Å². The van der Waals surface area contributed by atoms with Crippen molar-refractivity contribution in [1.82, 2.24) is 9.97 Å². The molecule has 2 atom stereocenters. The molecule has 112 valence electrons. The first-order chi connectivity index (χ1) is 10.1. The SMILES string of the molecule is CC1CCc2sc3c(N4CC[C@@H](N)C4)nc(N)nc3c2C1. The maximum atomic E-state index is 6.05. The summed E-state index contributed by atoms with van der Waals surface area (Å²) in [6.45, 7) is 4.15. The number of hydrogen-bond donors (Lipinski definition) is 2. The number of aryl methyl sites for hydroxylation is 1. The second kappa shape index (κ2) is 4.81. The summed E-state index contributed by atoms with van der Waals surface area (Å²) in [6.07, 6.45) is 4.57. The molecule has 0 radical (unpaired) electrons. The van der Waals surface area contributed by atoms with Crippen molar-refractivity contribution in [3.05, 3.63) is 10.4 Å². The van der Waals surface area contributed by atoms with Crippen LogP contribution in [0.15, 0.2) is 0 Å². The van der Waals surface area contributed by atoms with Crippen molar-refractivity contribution in [2.45, 2.75) is 38.6 Å². The van der Waals surface area contributed by atoms with E-state index in [0.717, 1.165) is 49.6 Å². The van der Waals surface area contributed by atoms with Crippen molar-refractivity contribution in [2.75, 3.05) is 23.7 Å². The largest absolute Gasteiger partial charge is 0.368 e. The molecule has 0 bridgehead atoms. The maximum Gasteiger partial charge on any atom is 0.222 e. The summed E-state index contributed by atoms with van der Waals surface area (Å²) in [5, 5.41) is 0. The van der Waals surface area contributed by atoms with E-state index in [0.29, 0.717) is 5.95 Å². The number of aromatic nitrogens is 2. The lowest BCUT2D eigenvalue weighted by molar-refractivity contribution is 0.508. The Morgan fingerprint density at radius 1 is 1.29 bits per heavy atom. The van der Waals surface area contributed by atoms with Gasteiger partial charge in [0.05, 0.1) is 10.2 Å².